The van der Waals surface area contributed by atoms with Crippen molar-refractivity contribution in [2.45, 2.75) is 13.3 Å². The maximum Gasteiger partial charge on any atom is 0.0955 e. The van der Waals surface area contributed by atoms with Gasteiger partial charge in [0.15, 0.2) is 0 Å². The quantitative estimate of drug-likeness (QED) is 0.945. The van der Waals surface area contributed by atoms with Gasteiger partial charge in [0.25, 0.3) is 0 Å². The van der Waals surface area contributed by atoms with Crippen LogP contribution in [0.25, 0.3) is 11.3 Å². The molecule has 2 aromatic rings. The van der Waals surface area contributed by atoms with Crippen LogP contribution in [-0.2, 0) is 13.5 Å². The fourth-order valence-electron chi connectivity index (χ4n) is 2.06. The third-order valence-electron chi connectivity index (χ3n) is 2.91. The minimum atomic E-state index is 0.651. The first-order valence-corrected chi connectivity index (χ1v) is 6.41. The maximum absolute atomic E-state index is 5.62. The minimum Gasteiger partial charge on any atom is -0.330 e. The van der Waals surface area contributed by atoms with E-state index in [1.54, 1.807) is 0 Å². The lowest BCUT2D eigenvalue weighted by Crippen LogP contribution is -2.08. The van der Waals surface area contributed by atoms with Crippen molar-refractivity contribution in [3.63, 3.8) is 0 Å². The summed E-state index contributed by atoms with van der Waals surface area (Å²) in [5.41, 5.74) is 10.2. The smallest absolute Gasteiger partial charge is 0.0955 e. The first-order chi connectivity index (χ1) is 8.13. The maximum atomic E-state index is 5.62. The van der Waals surface area contributed by atoms with Crippen molar-refractivity contribution in [3.05, 3.63) is 40.0 Å². The second-order valence-corrected chi connectivity index (χ2v) is 5.01. The van der Waals surface area contributed by atoms with E-state index in [0.29, 0.717) is 6.54 Å². The predicted molar refractivity (Wildman–Crippen MR) is 73.8 cm³/mol. The Balaban J connectivity index is 2.50. The molecule has 0 radical (unpaired) electrons. The normalized spacial score (nSPS) is 10.8. The first-order valence-electron chi connectivity index (χ1n) is 5.62. The lowest BCUT2D eigenvalue weighted by atomic mass is 10.1. The molecule has 90 valence electrons. The van der Waals surface area contributed by atoms with Gasteiger partial charge in [0.1, 0.15) is 0 Å². The molecule has 0 saturated heterocycles. The molecule has 17 heavy (non-hydrogen) atoms. The molecule has 4 heteroatoms. The fourth-order valence-corrected chi connectivity index (χ4v) is 2.46. The molecule has 0 aliphatic heterocycles. The number of nitrogens with two attached hydrogens (primary N) is 1. The lowest BCUT2D eigenvalue weighted by Gasteiger charge is -2.01. The number of halogens is 1. The molecule has 1 aromatic heterocycles. The topological polar surface area (TPSA) is 43.8 Å². The van der Waals surface area contributed by atoms with Crippen LogP contribution in [0.2, 0.25) is 0 Å². The number of nitrogens with zero attached hydrogens (tertiary/aromatic N) is 2. The van der Waals surface area contributed by atoms with Crippen molar-refractivity contribution >= 4 is 15.9 Å². The standard InChI is InChI=1S/C13H16BrN3/c1-9-12(6-7-15)17(2)16-13(9)10-4-3-5-11(14)8-10/h3-5,8H,6-7,15H2,1-2H3. The Morgan fingerprint density at radius 3 is 2.82 bits per heavy atom. The summed E-state index contributed by atoms with van der Waals surface area (Å²) in [7, 11) is 1.97. The summed E-state index contributed by atoms with van der Waals surface area (Å²) < 4.78 is 3.00. The van der Waals surface area contributed by atoms with E-state index in [4.69, 9.17) is 5.73 Å². The molecule has 0 amide bonds. The van der Waals surface area contributed by atoms with Crippen LogP contribution in [0, 0.1) is 6.92 Å². The Labute approximate surface area is 110 Å². The lowest BCUT2D eigenvalue weighted by molar-refractivity contribution is 0.706. The van der Waals surface area contributed by atoms with Crippen molar-refractivity contribution in [2.24, 2.45) is 12.8 Å². The highest BCUT2D eigenvalue weighted by molar-refractivity contribution is 9.10. The summed E-state index contributed by atoms with van der Waals surface area (Å²) in [6.07, 6.45) is 0.864. The van der Waals surface area contributed by atoms with Crippen LogP contribution in [0.4, 0.5) is 0 Å². The molecule has 0 saturated carbocycles. The van der Waals surface area contributed by atoms with Gasteiger partial charge in [0.05, 0.1) is 5.69 Å². The molecule has 1 aromatic carbocycles. The molecule has 0 bridgehead atoms. The Bertz CT molecular complexity index is 531. The van der Waals surface area contributed by atoms with E-state index in [1.165, 1.54) is 11.3 Å². The molecule has 2 N–H and O–H groups in total. The largest absolute Gasteiger partial charge is 0.330 e. The van der Waals surface area contributed by atoms with E-state index in [1.807, 2.05) is 23.9 Å². The van der Waals surface area contributed by atoms with Crippen LogP contribution in [0.5, 0.6) is 0 Å². The van der Waals surface area contributed by atoms with Gasteiger partial charge in [-0.15, -0.1) is 0 Å². The highest BCUT2D eigenvalue weighted by atomic mass is 79.9. The van der Waals surface area contributed by atoms with Crippen molar-refractivity contribution < 1.29 is 0 Å². The van der Waals surface area contributed by atoms with Crippen molar-refractivity contribution in [1.82, 2.24) is 9.78 Å². The molecule has 2 rings (SSSR count). The molecular formula is C13H16BrN3. The van der Waals surface area contributed by atoms with E-state index >= 15 is 0 Å². The molecule has 0 aliphatic carbocycles. The minimum absolute atomic E-state index is 0.651. The third-order valence-corrected chi connectivity index (χ3v) is 3.40. The van der Waals surface area contributed by atoms with E-state index in [-0.39, 0.29) is 0 Å². The summed E-state index contributed by atoms with van der Waals surface area (Å²) in [5.74, 6) is 0. The number of hydrogen-bond acceptors (Lipinski definition) is 2. The Hall–Kier alpha value is -1.13. The summed E-state index contributed by atoms with van der Waals surface area (Å²) in [6, 6.07) is 8.20. The molecule has 0 fully saturated rings. The molecule has 0 atom stereocenters. The van der Waals surface area contributed by atoms with Crippen LogP contribution in [-0.4, -0.2) is 16.3 Å². The zero-order valence-corrected chi connectivity index (χ0v) is 11.7. The molecule has 0 unspecified atom stereocenters. The van der Waals surface area contributed by atoms with Crippen molar-refractivity contribution in [2.75, 3.05) is 6.54 Å². The van der Waals surface area contributed by atoms with E-state index < -0.39 is 0 Å². The Kier molecular flexibility index (Phi) is 3.64. The van der Waals surface area contributed by atoms with Gasteiger partial charge in [-0.3, -0.25) is 4.68 Å². The highest BCUT2D eigenvalue weighted by Gasteiger charge is 2.13. The van der Waals surface area contributed by atoms with Crippen LogP contribution >= 0.6 is 15.9 Å². The average Bonchev–Trinajstić information content (AvgIpc) is 2.57. The Morgan fingerprint density at radius 1 is 1.41 bits per heavy atom. The van der Waals surface area contributed by atoms with Crippen LogP contribution in [0.15, 0.2) is 28.7 Å². The molecular weight excluding hydrogens is 278 g/mol. The molecule has 3 nitrogen and oxygen atoms in total. The monoisotopic (exact) mass is 293 g/mol. The van der Waals surface area contributed by atoms with E-state index in [2.05, 4.69) is 40.1 Å². The zero-order valence-electron chi connectivity index (χ0n) is 10.1. The molecule has 0 spiro atoms. The number of aromatic nitrogens is 2. The summed E-state index contributed by atoms with van der Waals surface area (Å²) >= 11 is 3.49. The Morgan fingerprint density at radius 2 is 2.18 bits per heavy atom. The van der Waals surface area contributed by atoms with Gasteiger partial charge in [0, 0.05) is 29.2 Å². The van der Waals surface area contributed by atoms with Crippen LogP contribution in [0.3, 0.4) is 0 Å². The number of hydrogen-bond donors (Lipinski definition) is 1. The number of rotatable bonds is 3. The fraction of sp³-hybridized carbons (Fsp3) is 0.308. The second-order valence-electron chi connectivity index (χ2n) is 4.09. The average molecular weight is 294 g/mol. The second kappa shape index (κ2) is 5.02. The molecule has 0 aliphatic rings. The molecule has 1 heterocycles. The van der Waals surface area contributed by atoms with Crippen molar-refractivity contribution in [3.8, 4) is 11.3 Å². The predicted octanol–water partition coefficient (Wildman–Crippen LogP) is 2.66. The van der Waals surface area contributed by atoms with Gasteiger partial charge >= 0.3 is 0 Å². The van der Waals surface area contributed by atoms with Gasteiger partial charge in [-0.2, -0.15) is 5.10 Å². The zero-order chi connectivity index (χ0) is 12.4. The van der Waals surface area contributed by atoms with Gasteiger partial charge in [0.2, 0.25) is 0 Å². The van der Waals surface area contributed by atoms with Gasteiger partial charge in [-0.25, -0.2) is 0 Å². The van der Waals surface area contributed by atoms with E-state index in [9.17, 15) is 0 Å². The van der Waals surface area contributed by atoms with Crippen LogP contribution < -0.4 is 5.73 Å². The summed E-state index contributed by atoms with van der Waals surface area (Å²) in [6.45, 7) is 2.76. The van der Waals surface area contributed by atoms with Crippen molar-refractivity contribution in [1.29, 1.82) is 0 Å². The van der Waals surface area contributed by atoms with Gasteiger partial charge < -0.3 is 5.73 Å². The van der Waals surface area contributed by atoms with Crippen LogP contribution in [0.1, 0.15) is 11.3 Å². The summed E-state index contributed by atoms with van der Waals surface area (Å²) in [5, 5.41) is 4.58. The summed E-state index contributed by atoms with van der Waals surface area (Å²) in [4.78, 5) is 0. The number of benzene rings is 1. The third kappa shape index (κ3) is 2.42. The van der Waals surface area contributed by atoms with Gasteiger partial charge in [-0.1, -0.05) is 28.1 Å². The first kappa shape index (κ1) is 12.3. The highest BCUT2D eigenvalue weighted by Crippen LogP contribution is 2.26. The number of aryl methyl sites for hydroxylation is 1. The van der Waals surface area contributed by atoms with E-state index in [0.717, 1.165) is 22.2 Å². The SMILES string of the molecule is Cc1c(-c2cccc(Br)c2)nn(C)c1CCN. The van der Waals surface area contributed by atoms with Gasteiger partial charge in [-0.05, 0) is 31.2 Å².